The summed E-state index contributed by atoms with van der Waals surface area (Å²) < 4.78 is 14.9. The van der Waals surface area contributed by atoms with Crippen molar-refractivity contribution in [3.63, 3.8) is 0 Å². The van der Waals surface area contributed by atoms with E-state index in [9.17, 15) is 9.18 Å². The van der Waals surface area contributed by atoms with Crippen molar-refractivity contribution in [3.05, 3.63) is 41.6 Å². The highest BCUT2D eigenvalue weighted by molar-refractivity contribution is 5.88. The molecule has 0 amide bonds. The molecule has 0 unspecified atom stereocenters. The smallest absolute Gasteiger partial charge is 0.338 e. The van der Waals surface area contributed by atoms with E-state index in [1.165, 1.54) is 17.1 Å². The maximum atomic E-state index is 13.7. The molecule has 0 aliphatic rings. The van der Waals surface area contributed by atoms with E-state index >= 15 is 0 Å². The maximum absolute atomic E-state index is 13.7. The zero-order chi connectivity index (χ0) is 11.7. The number of halogens is 1. The second-order valence-electron chi connectivity index (χ2n) is 3.26. The summed E-state index contributed by atoms with van der Waals surface area (Å²) in [7, 11) is 0. The Bertz CT molecular complexity index is 551. The maximum Gasteiger partial charge on any atom is 0.338 e. The molecule has 0 bridgehead atoms. The number of aromatic nitrogens is 3. The fourth-order valence-corrected chi connectivity index (χ4v) is 1.29. The number of aryl methyl sites for hydroxylation is 1. The van der Waals surface area contributed by atoms with Gasteiger partial charge < -0.3 is 5.11 Å². The van der Waals surface area contributed by atoms with E-state index in [0.717, 1.165) is 11.6 Å². The number of carbonyl (C=O) groups is 1. The minimum Gasteiger partial charge on any atom is -0.478 e. The largest absolute Gasteiger partial charge is 0.478 e. The summed E-state index contributed by atoms with van der Waals surface area (Å²) in [4.78, 5) is 14.5. The molecule has 0 radical (unpaired) electrons. The summed E-state index contributed by atoms with van der Waals surface area (Å²) in [6.45, 7) is 1.79. The molecule has 0 aliphatic heterocycles. The van der Waals surface area contributed by atoms with E-state index in [0.29, 0.717) is 0 Å². The predicted octanol–water partition coefficient (Wildman–Crippen LogP) is 1.41. The van der Waals surface area contributed by atoms with Crippen LogP contribution in [0.4, 0.5) is 4.39 Å². The molecule has 0 atom stereocenters. The van der Waals surface area contributed by atoms with Gasteiger partial charge in [0.25, 0.3) is 0 Å². The van der Waals surface area contributed by atoms with Crippen LogP contribution in [-0.2, 0) is 0 Å². The van der Waals surface area contributed by atoms with E-state index in [2.05, 4.69) is 10.1 Å². The fourth-order valence-electron chi connectivity index (χ4n) is 1.29. The number of nitrogens with zero attached hydrogens (tertiary/aromatic N) is 3. The molecule has 2 aromatic rings. The molecule has 1 N–H and O–H groups in total. The Labute approximate surface area is 90.2 Å². The lowest BCUT2D eigenvalue weighted by atomic mass is 10.2. The van der Waals surface area contributed by atoms with Crippen LogP contribution in [0.25, 0.3) is 5.82 Å². The van der Waals surface area contributed by atoms with Gasteiger partial charge >= 0.3 is 5.97 Å². The molecule has 16 heavy (non-hydrogen) atoms. The molecule has 6 heteroatoms. The Morgan fingerprint density at radius 1 is 1.56 bits per heavy atom. The molecule has 0 aromatic carbocycles. The average Bonchev–Trinajstić information content (AvgIpc) is 2.64. The second-order valence-corrected chi connectivity index (χ2v) is 3.26. The zero-order valence-electron chi connectivity index (χ0n) is 8.38. The van der Waals surface area contributed by atoms with Crippen molar-refractivity contribution in [3.8, 4) is 5.82 Å². The normalized spacial score (nSPS) is 10.4. The van der Waals surface area contributed by atoms with Crippen LogP contribution in [0.3, 0.4) is 0 Å². The number of aromatic carboxylic acids is 1. The summed E-state index contributed by atoms with van der Waals surface area (Å²) in [5, 5.41) is 12.6. The van der Waals surface area contributed by atoms with Gasteiger partial charge in [0.2, 0.25) is 0 Å². The minimum atomic E-state index is -1.33. The number of hydrogen-bond donors (Lipinski definition) is 1. The number of carboxylic acid groups (broad SMARTS) is 1. The van der Waals surface area contributed by atoms with Crippen molar-refractivity contribution in [2.24, 2.45) is 0 Å². The number of hydrogen-bond acceptors (Lipinski definition) is 3. The van der Waals surface area contributed by atoms with E-state index in [1.54, 1.807) is 13.1 Å². The van der Waals surface area contributed by atoms with E-state index < -0.39 is 17.3 Å². The Balaban J connectivity index is 2.58. The lowest BCUT2D eigenvalue weighted by molar-refractivity contribution is 0.0691. The van der Waals surface area contributed by atoms with Gasteiger partial charge in [-0.3, -0.25) is 0 Å². The number of rotatable bonds is 2. The summed E-state index contributed by atoms with van der Waals surface area (Å²) in [6.07, 6.45) is 4.34. The van der Waals surface area contributed by atoms with Crippen LogP contribution in [0.5, 0.6) is 0 Å². The third-order valence-corrected chi connectivity index (χ3v) is 2.03. The predicted molar refractivity (Wildman–Crippen MR) is 53.0 cm³/mol. The first-order valence-electron chi connectivity index (χ1n) is 4.49. The minimum absolute atomic E-state index is 0.118. The van der Waals surface area contributed by atoms with Crippen molar-refractivity contribution < 1.29 is 14.3 Å². The standard InChI is InChI=1S/C10H8FN3O2/c1-6-4-13-14(5-6)9-8(11)7(10(15)16)2-3-12-9/h2-5H,1H3,(H,15,16). The quantitative estimate of drug-likeness (QED) is 0.832. The second kappa shape index (κ2) is 3.73. The van der Waals surface area contributed by atoms with E-state index in [1.807, 2.05) is 0 Å². The van der Waals surface area contributed by atoms with Gasteiger partial charge in [-0.25, -0.2) is 18.9 Å². The van der Waals surface area contributed by atoms with Gasteiger partial charge in [0.05, 0.1) is 6.20 Å². The van der Waals surface area contributed by atoms with E-state index in [4.69, 9.17) is 5.11 Å². The van der Waals surface area contributed by atoms with Crippen LogP contribution in [0.1, 0.15) is 15.9 Å². The van der Waals surface area contributed by atoms with Crippen molar-refractivity contribution in [2.75, 3.05) is 0 Å². The van der Waals surface area contributed by atoms with Crippen LogP contribution in [0.15, 0.2) is 24.7 Å². The van der Waals surface area contributed by atoms with E-state index in [-0.39, 0.29) is 5.82 Å². The highest BCUT2D eigenvalue weighted by atomic mass is 19.1. The molecule has 0 fully saturated rings. The van der Waals surface area contributed by atoms with Gasteiger partial charge in [-0.05, 0) is 18.6 Å². The summed E-state index contributed by atoms with van der Waals surface area (Å²) >= 11 is 0. The van der Waals surface area contributed by atoms with Gasteiger partial charge in [-0.15, -0.1) is 0 Å². The topological polar surface area (TPSA) is 68.0 Å². The molecule has 0 saturated heterocycles. The SMILES string of the molecule is Cc1cnn(-c2nccc(C(=O)O)c2F)c1. The molecule has 0 saturated carbocycles. The van der Waals surface area contributed by atoms with Gasteiger partial charge in [0.1, 0.15) is 5.56 Å². The van der Waals surface area contributed by atoms with Crippen molar-refractivity contribution >= 4 is 5.97 Å². The van der Waals surface area contributed by atoms with Crippen molar-refractivity contribution in [2.45, 2.75) is 6.92 Å². The van der Waals surface area contributed by atoms with Crippen LogP contribution in [0, 0.1) is 12.7 Å². The third-order valence-electron chi connectivity index (χ3n) is 2.03. The van der Waals surface area contributed by atoms with Crippen LogP contribution < -0.4 is 0 Å². The number of pyridine rings is 1. The highest BCUT2D eigenvalue weighted by Gasteiger charge is 2.16. The summed E-state index contributed by atoms with van der Waals surface area (Å²) in [6, 6.07) is 1.11. The number of carboxylic acids is 1. The summed E-state index contributed by atoms with van der Waals surface area (Å²) in [5.74, 6) is -2.34. The Morgan fingerprint density at radius 2 is 2.31 bits per heavy atom. The lowest BCUT2D eigenvalue weighted by Gasteiger charge is -2.03. The molecule has 0 spiro atoms. The van der Waals surface area contributed by atoms with Crippen LogP contribution in [-0.4, -0.2) is 25.8 Å². The first kappa shape index (κ1) is 10.3. The molecule has 2 rings (SSSR count). The van der Waals surface area contributed by atoms with Crippen LogP contribution >= 0.6 is 0 Å². The molecule has 82 valence electrons. The van der Waals surface area contributed by atoms with Crippen molar-refractivity contribution in [1.82, 2.24) is 14.8 Å². The average molecular weight is 221 g/mol. The lowest BCUT2D eigenvalue weighted by Crippen LogP contribution is -2.08. The molecular weight excluding hydrogens is 213 g/mol. The highest BCUT2D eigenvalue weighted by Crippen LogP contribution is 2.14. The van der Waals surface area contributed by atoms with Gasteiger partial charge in [-0.1, -0.05) is 0 Å². The van der Waals surface area contributed by atoms with Crippen LogP contribution in [0.2, 0.25) is 0 Å². The van der Waals surface area contributed by atoms with Crippen molar-refractivity contribution in [1.29, 1.82) is 0 Å². The first-order valence-corrected chi connectivity index (χ1v) is 4.49. The van der Waals surface area contributed by atoms with Gasteiger partial charge in [0.15, 0.2) is 11.6 Å². The Morgan fingerprint density at radius 3 is 2.88 bits per heavy atom. The molecule has 2 heterocycles. The molecule has 0 aliphatic carbocycles. The first-order chi connectivity index (χ1) is 7.59. The molecule has 5 nitrogen and oxygen atoms in total. The monoisotopic (exact) mass is 221 g/mol. The Kier molecular flexibility index (Phi) is 2.40. The Hall–Kier alpha value is -2.24. The fraction of sp³-hybridized carbons (Fsp3) is 0.100. The van der Waals surface area contributed by atoms with Gasteiger partial charge in [0, 0.05) is 12.4 Å². The zero-order valence-corrected chi connectivity index (χ0v) is 8.38. The summed E-state index contributed by atoms with van der Waals surface area (Å²) in [5.41, 5.74) is 0.417. The molecule has 2 aromatic heterocycles. The third kappa shape index (κ3) is 1.65. The van der Waals surface area contributed by atoms with Gasteiger partial charge in [-0.2, -0.15) is 5.10 Å². The molecular formula is C10H8FN3O2.